The van der Waals surface area contributed by atoms with E-state index < -0.39 is 0 Å². The van der Waals surface area contributed by atoms with Crippen molar-refractivity contribution >= 4 is 23.2 Å². The largest absolute Gasteiger partial charge is 0.464 e. The van der Waals surface area contributed by atoms with Gasteiger partial charge in [-0.25, -0.2) is 4.98 Å². The molecule has 0 aliphatic rings. The zero-order valence-electron chi connectivity index (χ0n) is 10.2. The highest BCUT2D eigenvalue weighted by molar-refractivity contribution is 7.09. The van der Waals surface area contributed by atoms with Gasteiger partial charge in [0.2, 0.25) is 11.9 Å². The molecule has 0 spiro atoms. The molecule has 0 fully saturated rings. The van der Waals surface area contributed by atoms with Crippen molar-refractivity contribution in [2.45, 2.75) is 20.4 Å². The molecule has 2 rings (SSSR count). The summed E-state index contributed by atoms with van der Waals surface area (Å²) in [5, 5.41) is 6.04. The van der Waals surface area contributed by atoms with Gasteiger partial charge in [-0.1, -0.05) is 0 Å². The lowest BCUT2D eigenvalue weighted by atomic mass is 10.5. The van der Waals surface area contributed by atoms with Crippen molar-refractivity contribution in [1.29, 1.82) is 0 Å². The molecule has 2 aromatic heterocycles. The average molecular weight is 266 g/mol. The summed E-state index contributed by atoms with van der Waals surface area (Å²) >= 11 is 1.60. The molecule has 0 saturated carbocycles. The van der Waals surface area contributed by atoms with Gasteiger partial charge >= 0.3 is 6.01 Å². The van der Waals surface area contributed by atoms with E-state index in [-0.39, 0.29) is 12.0 Å². The third kappa shape index (κ3) is 3.27. The standard InChI is InChI=1S/C10H14N6OS/c1-3-17-10-15-8(11)14-9(16-10)12-4-7-5-18-6(2)13-7/h5H,3-4H2,1-2H3,(H3,11,12,14,15,16). The quantitative estimate of drug-likeness (QED) is 0.839. The Labute approximate surface area is 108 Å². The number of aryl methyl sites for hydroxylation is 1. The van der Waals surface area contributed by atoms with Crippen LogP contribution in [0.3, 0.4) is 0 Å². The van der Waals surface area contributed by atoms with Crippen LogP contribution in [0.4, 0.5) is 11.9 Å². The van der Waals surface area contributed by atoms with Crippen LogP contribution in [0.25, 0.3) is 0 Å². The van der Waals surface area contributed by atoms with Gasteiger partial charge in [-0.2, -0.15) is 15.0 Å². The number of nitrogens with two attached hydrogens (primary N) is 1. The van der Waals surface area contributed by atoms with Gasteiger partial charge in [0.15, 0.2) is 0 Å². The number of thiazole rings is 1. The van der Waals surface area contributed by atoms with Crippen LogP contribution in [0.15, 0.2) is 5.38 Å². The number of nitrogen functional groups attached to an aromatic ring is 1. The van der Waals surface area contributed by atoms with Crippen LogP contribution < -0.4 is 15.8 Å². The van der Waals surface area contributed by atoms with Gasteiger partial charge in [0.05, 0.1) is 23.9 Å². The van der Waals surface area contributed by atoms with Gasteiger partial charge in [-0.05, 0) is 13.8 Å². The lowest BCUT2D eigenvalue weighted by molar-refractivity contribution is 0.312. The Bertz CT molecular complexity index is 529. The number of rotatable bonds is 5. The minimum absolute atomic E-state index is 0.130. The number of nitrogens with zero attached hydrogens (tertiary/aromatic N) is 4. The number of nitrogens with one attached hydrogen (secondary N) is 1. The Balaban J connectivity index is 2.04. The van der Waals surface area contributed by atoms with Gasteiger partial charge < -0.3 is 15.8 Å². The van der Waals surface area contributed by atoms with Crippen molar-refractivity contribution < 1.29 is 4.74 Å². The highest BCUT2D eigenvalue weighted by Crippen LogP contribution is 2.12. The molecule has 0 bridgehead atoms. The molecule has 0 aromatic carbocycles. The number of ether oxygens (including phenoxy) is 1. The monoisotopic (exact) mass is 266 g/mol. The van der Waals surface area contributed by atoms with Crippen LogP contribution >= 0.6 is 11.3 Å². The first kappa shape index (κ1) is 12.5. The summed E-state index contributed by atoms with van der Waals surface area (Å²) in [4.78, 5) is 16.3. The maximum atomic E-state index is 5.57. The van der Waals surface area contributed by atoms with Crippen molar-refractivity contribution in [1.82, 2.24) is 19.9 Å². The molecule has 0 saturated heterocycles. The molecule has 0 unspecified atom stereocenters. The fourth-order valence-corrected chi connectivity index (χ4v) is 1.92. The Morgan fingerprint density at radius 1 is 1.33 bits per heavy atom. The number of hydrogen-bond acceptors (Lipinski definition) is 8. The maximum absolute atomic E-state index is 5.57. The van der Waals surface area contributed by atoms with Gasteiger partial charge in [0.25, 0.3) is 0 Å². The predicted molar refractivity (Wildman–Crippen MR) is 69.6 cm³/mol. The lowest BCUT2D eigenvalue weighted by Gasteiger charge is -2.05. The van der Waals surface area contributed by atoms with E-state index in [0.29, 0.717) is 19.1 Å². The molecule has 0 atom stereocenters. The second kappa shape index (κ2) is 5.58. The van der Waals surface area contributed by atoms with Gasteiger partial charge in [0, 0.05) is 5.38 Å². The second-order valence-electron chi connectivity index (χ2n) is 3.44. The molecule has 0 aliphatic carbocycles. The van der Waals surface area contributed by atoms with E-state index >= 15 is 0 Å². The van der Waals surface area contributed by atoms with E-state index in [2.05, 4.69) is 25.3 Å². The topological polar surface area (TPSA) is 98.8 Å². The summed E-state index contributed by atoms with van der Waals surface area (Å²) in [5.41, 5.74) is 6.51. The first-order valence-corrected chi connectivity index (χ1v) is 6.34. The third-order valence-electron chi connectivity index (χ3n) is 2.00. The average Bonchev–Trinajstić information content (AvgIpc) is 2.72. The molecular weight excluding hydrogens is 252 g/mol. The predicted octanol–water partition coefficient (Wildman–Crippen LogP) is 1.23. The molecule has 8 heteroatoms. The van der Waals surface area contributed by atoms with Crippen LogP contribution in [0.2, 0.25) is 0 Å². The summed E-state index contributed by atoms with van der Waals surface area (Å²) in [6, 6.07) is 0.224. The zero-order valence-corrected chi connectivity index (χ0v) is 11.0. The fraction of sp³-hybridized carbons (Fsp3) is 0.400. The van der Waals surface area contributed by atoms with Crippen molar-refractivity contribution in [3.63, 3.8) is 0 Å². The highest BCUT2D eigenvalue weighted by Gasteiger charge is 2.05. The SMILES string of the molecule is CCOc1nc(N)nc(NCc2csc(C)n2)n1. The second-order valence-corrected chi connectivity index (χ2v) is 4.51. The minimum atomic E-state index is 0.130. The molecule has 0 amide bonds. The molecular formula is C10H14N6OS. The Hall–Kier alpha value is -1.96. The van der Waals surface area contributed by atoms with E-state index in [0.717, 1.165) is 10.7 Å². The first-order valence-electron chi connectivity index (χ1n) is 5.46. The zero-order chi connectivity index (χ0) is 13.0. The number of aromatic nitrogens is 4. The van der Waals surface area contributed by atoms with Crippen LogP contribution in [-0.2, 0) is 6.54 Å². The molecule has 0 radical (unpaired) electrons. The van der Waals surface area contributed by atoms with Crippen molar-refractivity contribution in [2.24, 2.45) is 0 Å². The Morgan fingerprint density at radius 2 is 2.17 bits per heavy atom. The van der Waals surface area contributed by atoms with E-state index in [4.69, 9.17) is 10.5 Å². The minimum Gasteiger partial charge on any atom is -0.464 e. The molecule has 2 heterocycles. The molecule has 7 nitrogen and oxygen atoms in total. The Morgan fingerprint density at radius 3 is 2.83 bits per heavy atom. The van der Waals surface area contributed by atoms with E-state index in [1.807, 2.05) is 19.2 Å². The fourth-order valence-electron chi connectivity index (χ4n) is 1.30. The molecule has 0 aliphatic heterocycles. The summed E-state index contributed by atoms with van der Waals surface area (Å²) in [7, 11) is 0. The van der Waals surface area contributed by atoms with Crippen LogP contribution in [-0.4, -0.2) is 26.5 Å². The summed E-state index contributed by atoms with van der Waals surface area (Å²) < 4.78 is 5.19. The van der Waals surface area contributed by atoms with Gasteiger partial charge in [-0.15, -0.1) is 11.3 Å². The number of anilines is 2. The summed E-state index contributed by atoms with van der Waals surface area (Å²) in [6.07, 6.45) is 0. The molecule has 2 aromatic rings. The first-order chi connectivity index (χ1) is 8.67. The summed E-state index contributed by atoms with van der Waals surface area (Å²) in [5.74, 6) is 0.516. The highest BCUT2D eigenvalue weighted by atomic mass is 32.1. The molecule has 96 valence electrons. The van der Waals surface area contributed by atoms with E-state index in [1.54, 1.807) is 11.3 Å². The van der Waals surface area contributed by atoms with Crippen molar-refractivity contribution in [3.8, 4) is 6.01 Å². The number of hydrogen-bond donors (Lipinski definition) is 2. The van der Waals surface area contributed by atoms with Gasteiger partial charge in [0.1, 0.15) is 0 Å². The normalized spacial score (nSPS) is 10.3. The third-order valence-corrected chi connectivity index (χ3v) is 2.82. The maximum Gasteiger partial charge on any atom is 0.323 e. The lowest BCUT2D eigenvalue weighted by Crippen LogP contribution is -2.09. The van der Waals surface area contributed by atoms with Crippen LogP contribution in [0.5, 0.6) is 6.01 Å². The molecule has 18 heavy (non-hydrogen) atoms. The van der Waals surface area contributed by atoms with Gasteiger partial charge in [-0.3, -0.25) is 0 Å². The Kier molecular flexibility index (Phi) is 3.88. The van der Waals surface area contributed by atoms with Crippen molar-refractivity contribution in [2.75, 3.05) is 17.7 Å². The van der Waals surface area contributed by atoms with E-state index in [1.165, 1.54) is 0 Å². The van der Waals surface area contributed by atoms with Crippen LogP contribution in [0.1, 0.15) is 17.6 Å². The van der Waals surface area contributed by atoms with E-state index in [9.17, 15) is 0 Å². The summed E-state index contributed by atoms with van der Waals surface area (Å²) in [6.45, 7) is 4.83. The van der Waals surface area contributed by atoms with Crippen LogP contribution in [0, 0.1) is 6.92 Å². The molecule has 3 N–H and O–H groups in total. The smallest absolute Gasteiger partial charge is 0.323 e. The van der Waals surface area contributed by atoms with Crippen molar-refractivity contribution in [3.05, 3.63) is 16.1 Å².